The summed E-state index contributed by atoms with van der Waals surface area (Å²) in [6.07, 6.45) is 0.225. The van der Waals surface area contributed by atoms with E-state index < -0.39 is 11.7 Å². The van der Waals surface area contributed by atoms with Crippen LogP contribution in [-0.4, -0.2) is 18.7 Å². The largest absolute Gasteiger partial charge is 0.464 e. The van der Waals surface area contributed by atoms with Gasteiger partial charge in [-0.15, -0.1) is 0 Å². The minimum Gasteiger partial charge on any atom is -0.464 e. The Kier molecular flexibility index (Phi) is 3.40. The zero-order valence-corrected chi connectivity index (χ0v) is 10.7. The maximum Gasteiger partial charge on any atom is 0.338 e. The number of hydrogen-bond acceptors (Lipinski definition) is 3. The molecule has 0 radical (unpaired) electrons. The SMILES string of the molecule is CCOC(=O)C1OC1(CC)c1cccc(Cl)c1. The van der Waals surface area contributed by atoms with Gasteiger partial charge in [-0.2, -0.15) is 0 Å². The molecule has 1 saturated heterocycles. The summed E-state index contributed by atoms with van der Waals surface area (Å²) in [4.78, 5) is 11.7. The average molecular weight is 255 g/mol. The van der Waals surface area contributed by atoms with Gasteiger partial charge in [0.05, 0.1) is 6.61 Å². The molecule has 3 nitrogen and oxygen atoms in total. The first-order valence-corrected chi connectivity index (χ1v) is 6.12. The van der Waals surface area contributed by atoms with E-state index in [1.54, 1.807) is 13.0 Å². The van der Waals surface area contributed by atoms with Crippen LogP contribution in [0.4, 0.5) is 0 Å². The molecule has 0 aromatic heterocycles. The molecule has 1 aliphatic rings. The third-order valence-electron chi connectivity index (χ3n) is 3.03. The maximum atomic E-state index is 11.7. The van der Waals surface area contributed by atoms with Crippen LogP contribution in [0.5, 0.6) is 0 Å². The van der Waals surface area contributed by atoms with Crippen molar-refractivity contribution < 1.29 is 14.3 Å². The van der Waals surface area contributed by atoms with Crippen molar-refractivity contribution in [1.29, 1.82) is 0 Å². The van der Waals surface area contributed by atoms with Gasteiger partial charge in [-0.3, -0.25) is 0 Å². The molecule has 2 unspecified atom stereocenters. The number of epoxide rings is 1. The lowest BCUT2D eigenvalue weighted by atomic mass is 9.93. The Morgan fingerprint density at radius 1 is 1.53 bits per heavy atom. The van der Waals surface area contributed by atoms with Gasteiger partial charge in [0.1, 0.15) is 5.60 Å². The first-order chi connectivity index (χ1) is 8.14. The van der Waals surface area contributed by atoms with Crippen LogP contribution in [-0.2, 0) is 19.9 Å². The fraction of sp³-hybridized carbons (Fsp3) is 0.462. The summed E-state index contributed by atoms with van der Waals surface area (Å²) in [5.41, 5.74) is 0.391. The number of benzene rings is 1. The second-order valence-electron chi connectivity index (χ2n) is 4.00. The van der Waals surface area contributed by atoms with Gasteiger partial charge in [0.25, 0.3) is 0 Å². The number of carbonyl (C=O) groups excluding carboxylic acids is 1. The summed E-state index contributed by atoms with van der Waals surface area (Å²) in [7, 11) is 0. The summed E-state index contributed by atoms with van der Waals surface area (Å²) in [6, 6.07) is 7.42. The van der Waals surface area contributed by atoms with Gasteiger partial charge in [0.15, 0.2) is 6.10 Å². The lowest BCUT2D eigenvalue weighted by Crippen LogP contribution is -2.20. The molecule has 4 heteroatoms. The molecular formula is C13H15ClO3. The lowest BCUT2D eigenvalue weighted by Gasteiger charge is -2.10. The van der Waals surface area contributed by atoms with E-state index in [0.29, 0.717) is 11.6 Å². The summed E-state index contributed by atoms with van der Waals surface area (Å²) in [5, 5.41) is 0.647. The van der Waals surface area contributed by atoms with Crippen LogP contribution in [0.25, 0.3) is 0 Å². The van der Waals surface area contributed by atoms with Crippen molar-refractivity contribution in [1.82, 2.24) is 0 Å². The molecule has 17 heavy (non-hydrogen) atoms. The van der Waals surface area contributed by atoms with Crippen LogP contribution in [0.15, 0.2) is 24.3 Å². The average Bonchev–Trinajstić information content (AvgIpc) is 3.05. The molecule has 2 atom stereocenters. The smallest absolute Gasteiger partial charge is 0.338 e. The van der Waals surface area contributed by atoms with Crippen molar-refractivity contribution in [2.24, 2.45) is 0 Å². The highest BCUT2D eigenvalue weighted by atomic mass is 35.5. The Balaban J connectivity index is 2.21. The van der Waals surface area contributed by atoms with Gasteiger partial charge < -0.3 is 9.47 Å². The monoisotopic (exact) mass is 254 g/mol. The first kappa shape index (κ1) is 12.4. The normalized spacial score (nSPS) is 26.6. The summed E-state index contributed by atoms with van der Waals surface area (Å²) >= 11 is 5.95. The molecule has 0 aliphatic carbocycles. The Hall–Kier alpha value is -1.06. The van der Waals surface area contributed by atoms with Crippen LogP contribution < -0.4 is 0 Å². The lowest BCUT2D eigenvalue weighted by molar-refractivity contribution is -0.144. The minimum absolute atomic E-state index is 0.297. The molecule has 0 spiro atoms. The Morgan fingerprint density at radius 2 is 2.29 bits per heavy atom. The molecule has 1 aromatic rings. The van der Waals surface area contributed by atoms with E-state index in [2.05, 4.69) is 0 Å². The molecule has 2 rings (SSSR count). The molecular weight excluding hydrogens is 240 g/mol. The van der Waals surface area contributed by atoms with E-state index in [9.17, 15) is 4.79 Å². The molecule has 0 N–H and O–H groups in total. The third kappa shape index (κ3) is 2.17. The van der Waals surface area contributed by atoms with Gasteiger partial charge in [0, 0.05) is 5.02 Å². The Morgan fingerprint density at radius 3 is 2.88 bits per heavy atom. The van der Waals surface area contributed by atoms with Gasteiger partial charge in [-0.05, 0) is 31.0 Å². The topological polar surface area (TPSA) is 38.8 Å². The van der Waals surface area contributed by atoms with E-state index in [1.165, 1.54) is 0 Å². The van der Waals surface area contributed by atoms with E-state index in [-0.39, 0.29) is 5.97 Å². The van der Waals surface area contributed by atoms with E-state index >= 15 is 0 Å². The van der Waals surface area contributed by atoms with E-state index in [0.717, 1.165) is 12.0 Å². The van der Waals surface area contributed by atoms with Gasteiger partial charge >= 0.3 is 5.97 Å². The highest BCUT2D eigenvalue weighted by Crippen LogP contribution is 2.49. The first-order valence-electron chi connectivity index (χ1n) is 5.74. The van der Waals surface area contributed by atoms with Crippen LogP contribution in [0.3, 0.4) is 0 Å². The third-order valence-corrected chi connectivity index (χ3v) is 3.27. The van der Waals surface area contributed by atoms with Gasteiger partial charge in [-0.1, -0.05) is 30.7 Å². The number of carbonyl (C=O) groups is 1. The van der Waals surface area contributed by atoms with Crippen molar-refractivity contribution in [3.63, 3.8) is 0 Å². The van der Waals surface area contributed by atoms with Crippen molar-refractivity contribution in [2.75, 3.05) is 6.61 Å². The number of hydrogen-bond donors (Lipinski definition) is 0. The van der Waals surface area contributed by atoms with Gasteiger partial charge in [0.2, 0.25) is 0 Å². The standard InChI is InChI=1S/C13H15ClO3/c1-3-13(9-6-5-7-10(14)8-9)11(17-13)12(15)16-4-2/h5-8,11H,3-4H2,1-2H3. The number of esters is 1. The molecule has 1 aliphatic heterocycles. The molecule has 1 fully saturated rings. The number of halogens is 1. The quantitative estimate of drug-likeness (QED) is 0.613. The predicted octanol–water partition coefficient (Wildman–Crippen LogP) is 2.91. The molecule has 0 bridgehead atoms. The van der Waals surface area contributed by atoms with Gasteiger partial charge in [-0.25, -0.2) is 4.79 Å². The molecule has 0 amide bonds. The second-order valence-corrected chi connectivity index (χ2v) is 4.44. The highest BCUT2D eigenvalue weighted by molar-refractivity contribution is 6.30. The molecule has 1 heterocycles. The van der Waals surface area contributed by atoms with Crippen molar-refractivity contribution in [3.8, 4) is 0 Å². The Bertz CT molecular complexity index is 432. The van der Waals surface area contributed by atoms with Crippen molar-refractivity contribution in [3.05, 3.63) is 34.9 Å². The predicted molar refractivity (Wildman–Crippen MR) is 64.9 cm³/mol. The Labute approximate surface area is 106 Å². The van der Waals surface area contributed by atoms with Crippen LogP contribution in [0, 0.1) is 0 Å². The number of rotatable bonds is 4. The summed E-state index contributed by atoms with van der Waals surface area (Å²) < 4.78 is 10.6. The van der Waals surface area contributed by atoms with Crippen LogP contribution in [0.1, 0.15) is 25.8 Å². The maximum absolute atomic E-state index is 11.7. The fourth-order valence-electron chi connectivity index (χ4n) is 2.08. The molecule has 1 aromatic carbocycles. The van der Waals surface area contributed by atoms with E-state index in [4.69, 9.17) is 21.1 Å². The highest BCUT2D eigenvalue weighted by Gasteiger charge is 2.61. The summed E-state index contributed by atoms with van der Waals surface area (Å²) in [5.74, 6) is -0.297. The fourth-order valence-corrected chi connectivity index (χ4v) is 2.27. The van der Waals surface area contributed by atoms with Crippen LogP contribution in [0.2, 0.25) is 5.02 Å². The zero-order valence-electron chi connectivity index (χ0n) is 9.90. The summed E-state index contributed by atoms with van der Waals surface area (Å²) in [6.45, 7) is 4.14. The molecule has 92 valence electrons. The number of ether oxygens (including phenoxy) is 2. The molecule has 0 saturated carbocycles. The van der Waals surface area contributed by atoms with Crippen LogP contribution >= 0.6 is 11.6 Å². The van der Waals surface area contributed by atoms with Crippen molar-refractivity contribution >= 4 is 17.6 Å². The van der Waals surface area contributed by atoms with Crippen molar-refractivity contribution in [2.45, 2.75) is 32.0 Å². The minimum atomic E-state index is -0.544. The van der Waals surface area contributed by atoms with E-state index in [1.807, 2.05) is 25.1 Å². The zero-order chi connectivity index (χ0) is 12.5. The second kappa shape index (κ2) is 4.67.